The standard InChI is InChI=1S/C8H8O2.C7H6O2.Zn/c1-6-4-2-3-5-7(6)8(9)10;8-7(9)6-4-2-1-3-5-6;/h2-5H,1H3,(H,9,10);1-5H,(H,8,9);. The van der Waals surface area contributed by atoms with Crippen molar-refractivity contribution in [1.29, 1.82) is 0 Å². The molecular weight excluding hydrogens is 310 g/mol. The maximum atomic E-state index is 10.4. The number of hydrogen-bond donors (Lipinski definition) is 2. The first-order valence-corrected chi connectivity index (χ1v) is 5.59. The molecule has 0 bridgehead atoms. The molecule has 2 N–H and O–H groups in total. The molecule has 0 fully saturated rings. The van der Waals surface area contributed by atoms with Crippen molar-refractivity contribution in [3.8, 4) is 0 Å². The molecule has 0 amide bonds. The Balaban J connectivity index is 0.000000345. The minimum atomic E-state index is -0.879. The molecule has 0 unspecified atom stereocenters. The Kier molecular flexibility index (Phi) is 8.10. The summed E-state index contributed by atoms with van der Waals surface area (Å²) in [6.07, 6.45) is 0. The molecule has 2 aromatic rings. The van der Waals surface area contributed by atoms with Crippen LogP contribution in [0.3, 0.4) is 0 Å². The topological polar surface area (TPSA) is 74.6 Å². The number of benzene rings is 2. The van der Waals surface area contributed by atoms with Gasteiger partial charge in [0, 0.05) is 19.5 Å². The Morgan fingerprint density at radius 3 is 1.65 bits per heavy atom. The Morgan fingerprint density at radius 2 is 1.30 bits per heavy atom. The van der Waals surface area contributed by atoms with E-state index in [9.17, 15) is 9.59 Å². The van der Waals surface area contributed by atoms with Crippen LogP contribution in [0.15, 0.2) is 54.6 Å². The summed E-state index contributed by atoms with van der Waals surface area (Å²) in [5.41, 5.74) is 1.51. The molecule has 4 nitrogen and oxygen atoms in total. The van der Waals surface area contributed by atoms with Crippen molar-refractivity contribution < 1.29 is 39.3 Å². The fraction of sp³-hybridized carbons (Fsp3) is 0.0667. The minimum absolute atomic E-state index is 0. The van der Waals surface area contributed by atoms with Gasteiger partial charge in [0.2, 0.25) is 0 Å². The van der Waals surface area contributed by atoms with E-state index in [0.29, 0.717) is 11.1 Å². The normalized spacial score (nSPS) is 8.65. The molecule has 0 aliphatic heterocycles. The van der Waals surface area contributed by atoms with Crippen LogP contribution >= 0.6 is 0 Å². The van der Waals surface area contributed by atoms with Gasteiger partial charge in [0.05, 0.1) is 11.1 Å². The molecular formula is C15H14O4Zn. The molecule has 0 saturated heterocycles. The van der Waals surface area contributed by atoms with Gasteiger partial charge in [-0.15, -0.1) is 0 Å². The summed E-state index contributed by atoms with van der Waals surface area (Å²) in [4.78, 5) is 20.6. The van der Waals surface area contributed by atoms with Crippen molar-refractivity contribution in [3.05, 3.63) is 71.3 Å². The summed E-state index contributed by atoms with van der Waals surface area (Å²) >= 11 is 0. The predicted molar refractivity (Wildman–Crippen MR) is 71.5 cm³/mol. The molecule has 0 aliphatic carbocycles. The van der Waals surface area contributed by atoms with Crippen LogP contribution in [0.1, 0.15) is 26.3 Å². The molecule has 0 saturated carbocycles. The van der Waals surface area contributed by atoms with Gasteiger partial charge in [0.25, 0.3) is 0 Å². The zero-order valence-corrected chi connectivity index (χ0v) is 14.1. The third-order valence-corrected chi connectivity index (χ3v) is 2.40. The second-order valence-electron chi connectivity index (χ2n) is 3.79. The Morgan fingerprint density at radius 1 is 0.800 bits per heavy atom. The number of carboxylic acid groups (broad SMARTS) is 2. The van der Waals surface area contributed by atoms with Gasteiger partial charge in [-0.2, -0.15) is 0 Å². The summed E-state index contributed by atoms with van der Waals surface area (Å²) in [5, 5.41) is 17.0. The second kappa shape index (κ2) is 8.99. The van der Waals surface area contributed by atoms with E-state index in [2.05, 4.69) is 0 Å². The average molecular weight is 324 g/mol. The molecule has 2 aromatic carbocycles. The van der Waals surface area contributed by atoms with Crippen molar-refractivity contribution in [1.82, 2.24) is 0 Å². The third kappa shape index (κ3) is 5.76. The quantitative estimate of drug-likeness (QED) is 0.833. The van der Waals surface area contributed by atoms with Crippen LogP contribution in [0, 0.1) is 6.92 Å². The third-order valence-electron chi connectivity index (χ3n) is 2.40. The van der Waals surface area contributed by atoms with Gasteiger partial charge in [0.15, 0.2) is 0 Å². The van der Waals surface area contributed by atoms with E-state index in [-0.39, 0.29) is 19.5 Å². The van der Waals surface area contributed by atoms with Gasteiger partial charge < -0.3 is 10.2 Å². The van der Waals surface area contributed by atoms with Gasteiger partial charge >= 0.3 is 11.9 Å². The van der Waals surface area contributed by atoms with Gasteiger partial charge in [-0.1, -0.05) is 36.4 Å². The van der Waals surface area contributed by atoms with Gasteiger partial charge in [-0.05, 0) is 30.7 Å². The fourth-order valence-electron chi connectivity index (χ4n) is 1.39. The number of aryl methyl sites for hydroxylation is 1. The average Bonchev–Trinajstić information content (AvgIpc) is 2.40. The Bertz CT molecular complexity index is 567. The molecule has 0 aromatic heterocycles. The van der Waals surface area contributed by atoms with Crippen molar-refractivity contribution in [2.75, 3.05) is 0 Å². The first kappa shape index (κ1) is 18.0. The fourth-order valence-corrected chi connectivity index (χ4v) is 1.39. The Labute approximate surface area is 129 Å². The summed E-state index contributed by atoms with van der Waals surface area (Å²) in [6.45, 7) is 1.78. The van der Waals surface area contributed by atoms with Gasteiger partial charge in [-0.3, -0.25) is 0 Å². The molecule has 0 heterocycles. The number of carbonyl (C=O) groups is 2. The minimum Gasteiger partial charge on any atom is -0.478 e. The molecule has 100 valence electrons. The number of rotatable bonds is 2. The zero-order valence-electron chi connectivity index (χ0n) is 11.1. The number of hydrogen-bond acceptors (Lipinski definition) is 2. The molecule has 5 heteroatoms. The van der Waals surface area contributed by atoms with E-state index in [1.165, 1.54) is 0 Å². The molecule has 2 rings (SSSR count). The maximum Gasteiger partial charge on any atom is 0.335 e. The van der Waals surface area contributed by atoms with Crippen molar-refractivity contribution in [2.45, 2.75) is 6.92 Å². The summed E-state index contributed by atoms with van der Waals surface area (Å²) in [6, 6.07) is 15.2. The predicted octanol–water partition coefficient (Wildman–Crippen LogP) is 3.08. The van der Waals surface area contributed by atoms with Crippen LogP contribution in [0.2, 0.25) is 0 Å². The van der Waals surface area contributed by atoms with Crippen LogP contribution in [-0.4, -0.2) is 22.2 Å². The summed E-state index contributed by atoms with van der Waals surface area (Å²) in [7, 11) is 0. The molecule has 20 heavy (non-hydrogen) atoms. The molecule has 0 radical (unpaired) electrons. The number of carboxylic acids is 2. The zero-order chi connectivity index (χ0) is 14.3. The van der Waals surface area contributed by atoms with Gasteiger partial charge in [0.1, 0.15) is 0 Å². The molecule has 0 aliphatic rings. The summed E-state index contributed by atoms with van der Waals surface area (Å²) < 4.78 is 0. The smallest absolute Gasteiger partial charge is 0.335 e. The van der Waals surface area contributed by atoms with Crippen LogP contribution < -0.4 is 0 Å². The van der Waals surface area contributed by atoms with E-state index in [1.54, 1.807) is 55.5 Å². The van der Waals surface area contributed by atoms with E-state index >= 15 is 0 Å². The van der Waals surface area contributed by atoms with Gasteiger partial charge in [-0.25, -0.2) is 9.59 Å². The molecule has 0 atom stereocenters. The SMILES string of the molecule is Cc1ccccc1C(=O)O.O=C(O)c1ccccc1.[Zn]. The van der Waals surface area contributed by atoms with E-state index < -0.39 is 11.9 Å². The van der Waals surface area contributed by atoms with E-state index in [4.69, 9.17) is 10.2 Å². The van der Waals surface area contributed by atoms with Crippen LogP contribution in [0.25, 0.3) is 0 Å². The van der Waals surface area contributed by atoms with Crippen LogP contribution in [-0.2, 0) is 19.5 Å². The van der Waals surface area contributed by atoms with Crippen LogP contribution in [0.5, 0.6) is 0 Å². The van der Waals surface area contributed by atoms with Crippen molar-refractivity contribution in [2.24, 2.45) is 0 Å². The maximum absolute atomic E-state index is 10.4. The molecule has 0 spiro atoms. The van der Waals surface area contributed by atoms with E-state index in [0.717, 1.165) is 5.56 Å². The summed E-state index contributed by atoms with van der Waals surface area (Å²) in [5.74, 6) is -1.74. The largest absolute Gasteiger partial charge is 0.478 e. The van der Waals surface area contributed by atoms with Crippen LogP contribution in [0.4, 0.5) is 0 Å². The number of aromatic carboxylic acids is 2. The van der Waals surface area contributed by atoms with E-state index in [1.807, 2.05) is 6.07 Å². The second-order valence-corrected chi connectivity index (χ2v) is 3.79. The first-order chi connectivity index (χ1) is 9.02. The van der Waals surface area contributed by atoms with Crippen molar-refractivity contribution in [3.63, 3.8) is 0 Å². The monoisotopic (exact) mass is 322 g/mol. The Hall–Kier alpha value is -2.00. The first-order valence-electron chi connectivity index (χ1n) is 5.59. The van der Waals surface area contributed by atoms with Crippen molar-refractivity contribution >= 4 is 11.9 Å².